The van der Waals surface area contributed by atoms with Crippen LogP contribution in [0.3, 0.4) is 0 Å². The van der Waals surface area contributed by atoms with Gasteiger partial charge in [-0.3, -0.25) is 4.79 Å². The van der Waals surface area contributed by atoms with Gasteiger partial charge in [0, 0.05) is 10.3 Å². The minimum absolute atomic E-state index is 0.0746. The monoisotopic (exact) mass is 223 g/mol. The highest BCUT2D eigenvalue weighted by Crippen LogP contribution is 2.56. The topological polar surface area (TPSA) is 75.1 Å². The minimum atomic E-state index is -0.210. The summed E-state index contributed by atoms with van der Waals surface area (Å²) < 4.78 is 5.29. The van der Waals surface area contributed by atoms with E-state index in [0.29, 0.717) is 6.42 Å². The van der Waals surface area contributed by atoms with Gasteiger partial charge < -0.3 is 4.74 Å². The van der Waals surface area contributed by atoms with Crippen molar-refractivity contribution in [2.45, 2.75) is 45.6 Å². The molecule has 2 atom stereocenters. The molecule has 88 valence electrons. The van der Waals surface area contributed by atoms with Gasteiger partial charge in [-0.25, -0.2) is 0 Å². The van der Waals surface area contributed by atoms with E-state index < -0.39 is 0 Å². The molecular weight excluding hydrogens is 206 g/mol. The van der Waals surface area contributed by atoms with E-state index in [0.717, 1.165) is 19.3 Å². The normalized spacial score (nSPS) is 36.1. The van der Waals surface area contributed by atoms with Crippen LogP contribution in [0.15, 0.2) is 5.11 Å². The Hall–Kier alpha value is -1.22. The van der Waals surface area contributed by atoms with Gasteiger partial charge in [-0.2, -0.15) is 0 Å². The van der Waals surface area contributed by atoms with Gasteiger partial charge >= 0.3 is 5.97 Å². The number of esters is 1. The first kappa shape index (κ1) is 11.3. The molecule has 2 aliphatic rings. The van der Waals surface area contributed by atoms with Gasteiger partial charge in [0.1, 0.15) is 6.10 Å². The van der Waals surface area contributed by atoms with Crippen LogP contribution in [0.5, 0.6) is 0 Å². The second-order valence-corrected chi connectivity index (χ2v) is 5.77. The van der Waals surface area contributed by atoms with Gasteiger partial charge in [0.05, 0.1) is 13.0 Å². The van der Waals surface area contributed by atoms with Gasteiger partial charge in [-0.1, -0.05) is 19.0 Å². The van der Waals surface area contributed by atoms with Crippen molar-refractivity contribution in [1.29, 1.82) is 0 Å². The van der Waals surface area contributed by atoms with Gasteiger partial charge in [-0.15, -0.1) is 0 Å². The first-order valence-corrected chi connectivity index (χ1v) is 5.68. The van der Waals surface area contributed by atoms with Crippen molar-refractivity contribution in [3.05, 3.63) is 10.4 Å². The molecule has 2 unspecified atom stereocenters. The third-order valence-electron chi connectivity index (χ3n) is 3.89. The van der Waals surface area contributed by atoms with Crippen LogP contribution in [0.2, 0.25) is 0 Å². The quantitative estimate of drug-likeness (QED) is 0.312. The van der Waals surface area contributed by atoms with E-state index in [4.69, 9.17) is 10.3 Å². The number of hydrogen-bond acceptors (Lipinski definition) is 3. The van der Waals surface area contributed by atoms with Crippen molar-refractivity contribution < 1.29 is 9.53 Å². The predicted molar refractivity (Wildman–Crippen MR) is 58.6 cm³/mol. The van der Waals surface area contributed by atoms with Crippen LogP contribution in [0.25, 0.3) is 10.4 Å². The lowest BCUT2D eigenvalue weighted by Gasteiger charge is -2.28. The largest absolute Gasteiger partial charge is 0.462 e. The van der Waals surface area contributed by atoms with Crippen LogP contribution in [0, 0.1) is 10.8 Å². The molecule has 0 aromatic heterocycles. The maximum atomic E-state index is 11.4. The SMILES string of the molecule is CC1(C)CCC2(CC(=O)OC2CN=[N+]=[N-])C1. The molecule has 1 saturated heterocycles. The number of nitrogens with zero attached hydrogens (tertiary/aromatic N) is 3. The molecule has 1 heterocycles. The molecule has 0 bridgehead atoms. The van der Waals surface area contributed by atoms with Crippen LogP contribution in [-0.2, 0) is 9.53 Å². The van der Waals surface area contributed by atoms with E-state index in [1.807, 2.05) is 0 Å². The number of hydrogen-bond donors (Lipinski definition) is 0. The Kier molecular flexibility index (Phi) is 2.58. The number of azide groups is 1. The molecule has 0 aromatic rings. The molecule has 0 aromatic carbocycles. The summed E-state index contributed by atoms with van der Waals surface area (Å²) in [4.78, 5) is 14.2. The Labute approximate surface area is 94.8 Å². The summed E-state index contributed by atoms with van der Waals surface area (Å²) in [5.41, 5.74) is 8.54. The molecule has 0 amide bonds. The molecular formula is C11H17N3O2. The van der Waals surface area contributed by atoms with E-state index >= 15 is 0 Å². The zero-order valence-corrected chi connectivity index (χ0v) is 9.77. The third-order valence-corrected chi connectivity index (χ3v) is 3.89. The summed E-state index contributed by atoms with van der Waals surface area (Å²) in [6.07, 6.45) is 3.37. The van der Waals surface area contributed by atoms with Crippen LogP contribution in [-0.4, -0.2) is 18.6 Å². The van der Waals surface area contributed by atoms with Gasteiger partial charge in [0.2, 0.25) is 0 Å². The summed E-state index contributed by atoms with van der Waals surface area (Å²) in [6.45, 7) is 4.71. The molecule has 1 aliphatic carbocycles. The van der Waals surface area contributed by atoms with Crippen molar-refractivity contribution in [1.82, 2.24) is 0 Å². The number of cyclic esters (lactones) is 1. The second kappa shape index (κ2) is 3.67. The summed E-state index contributed by atoms with van der Waals surface area (Å²) in [7, 11) is 0. The van der Waals surface area contributed by atoms with Crippen molar-refractivity contribution in [2.75, 3.05) is 6.54 Å². The smallest absolute Gasteiger partial charge is 0.306 e. The number of rotatable bonds is 2. The van der Waals surface area contributed by atoms with Crippen LogP contribution >= 0.6 is 0 Å². The highest BCUT2D eigenvalue weighted by molar-refractivity contribution is 5.73. The molecule has 1 aliphatic heterocycles. The van der Waals surface area contributed by atoms with E-state index in [9.17, 15) is 4.79 Å². The Morgan fingerprint density at radius 1 is 1.56 bits per heavy atom. The van der Waals surface area contributed by atoms with E-state index in [1.54, 1.807) is 0 Å². The first-order chi connectivity index (χ1) is 7.47. The molecule has 5 heteroatoms. The third kappa shape index (κ3) is 1.87. The van der Waals surface area contributed by atoms with Crippen molar-refractivity contribution in [3.63, 3.8) is 0 Å². The Bertz CT molecular complexity index is 360. The number of ether oxygens (including phenoxy) is 1. The maximum absolute atomic E-state index is 11.4. The lowest BCUT2D eigenvalue weighted by Crippen LogP contribution is -2.31. The highest BCUT2D eigenvalue weighted by atomic mass is 16.6. The van der Waals surface area contributed by atoms with Gasteiger partial charge in [-0.05, 0) is 30.2 Å². The fourth-order valence-corrected chi connectivity index (χ4v) is 3.21. The van der Waals surface area contributed by atoms with Crippen LogP contribution < -0.4 is 0 Å². The number of carbonyl (C=O) groups is 1. The first-order valence-electron chi connectivity index (χ1n) is 5.68. The van der Waals surface area contributed by atoms with Crippen molar-refractivity contribution in [2.24, 2.45) is 15.9 Å². The minimum Gasteiger partial charge on any atom is -0.462 e. The molecule has 16 heavy (non-hydrogen) atoms. The van der Waals surface area contributed by atoms with Crippen LogP contribution in [0.1, 0.15) is 39.5 Å². The number of carbonyl (C=O) groups excluding carboxylic acids is 1. The molecule has 1 spiro atoms. The summed E-state index contributed by atoms with van der Waals surface area (Å²) >= 11 is 0. The molecule has 0 N–H and O–H groups in total. The standard InChI is InChI=1S/C11H17N3O2/c1-10(2)3-4-11(7-10)5-9(15)16-8(11)6-13-14-12/h8H,3-7H2,1-2H3. The zero-order chi connectivity index (χ0) is 11.8. The molecule has 0 radical (unpaired) electrons. The molecule has 2 rings (SSSR count). The summed E-state index contributed by atoms with van der Waals surface area (Å²) in [5.74, 6) is -0.143. The Morgan fingerprint density at radius 3 is 2.88 bits per heavy atom. The van der Waals surface area contributed by atoms with Crippen molar-refractivity contribution >= 4 is 5.97 Å². The highest BCUT2D eigenvalue weighted by Gasteiger charge is 2.54. The Balaban J connectivity index is 2.18. The Morgan fingerprint density at radius 2 is 2.31 bits per heavy atom. The summed E-state index contributed by atoms with van der Waals surface area (Å²) in [6, 6.07) is 0. The zero-order valence-electron chi connectivity index (χ0n) is 9.77. The van der Waals surface area contributed by atoms with Crippen molar-refractivity contribution in [3.8, 4) is 0 Å². The predicted octanol–water partition coefficient (Wildman–Crippen LogP) is 2.81. The summed E-state index contributed by atoms with van der Waals surface area (Å²) in [5, 5.41) is 3.56. The van der Waals surface area contributed by atoms with Gasteiger partial charge in [0.15, 0.2) is 0 Å². The fraction of sp³-hybridized carbons (Fsp3) is 0.909. The van der Waals surface area contributed by atoms with E-state index in [-0.39, 0.29) is 29.4 Å². The second-order valence-electron chi connectivity index (χ2n) is 5.77. The average molecular weight is 223 g/mol. The lowest BCUT2D eigenvalue weighted by atomic mass is 9.76. The average Bonchev–Trinajstić information content (AvgIpc) is 2.64. The molecule has 1 saturated carbocycles. The molecule has 5 nitrogen and oxygen atoms in total. The van der Waals surface area contributed by atoms with Crippen LogP contribution in [0.4, 0.5) is 0 Å². The fourth-order valence-electron chi connectivity index (χ4n) is 3.21. The van der Waals surface area contributed by atoms with Gasteiger partial charge in [0.25, 0.3) is 0 Å². The molecule has 2 fully saturated rings. The maximum Gasteiger partial charge on any atom is 0.306 e. The lowest BCUT2D eigenvalue weighted by molar-refractivity contribution is -0.141. The van der Waals surface area contributed by atoms with E-state index in [1.165, 1.54) is 0 Å². The van der Waals surface area contributed by atoms with E-state index in [2.05, 4.69) is 23.9 Å².